The highest BCUT2D eigenvalue weighted by Gasteiger charge is 2.37. The van der Waals surface area contributed by atoms with Crippen molar-refractivity contribution >= 4 is 82.8 Å². The average Bonchev–Trinajstić information content (AvgIpc) is 1.65. The third-order valence-electron chi connectivity index (χ3n) is 16.5. The van der Waals surface area contributed by atoms with Gasteiger partial charge in [0.25, 0.3) is 0 Å². The minimum atomic E-state index is 0.205. The molecular formula is C68H90Cl2N8O8Si. The van der Waals surface area contributed by atoms with Crippen LogP contribution in [0.2, 0.25) is 10.0 Å². The average molecular weight is 1250 g/mol. The molecule has 19 heteroatoms. The van der Waals surface area contributed by atoms with Gasteiger partial charge in [-0.05, 0) is 36.9 Å². The van der Waals surface area contributed by atoms with Crippen LogP contribution in [0.4, 0.5) is 0 Å². The number of aromatic nitrogens is 8. The Balaban J connectivity index is 1.41. The number of H-pyrrole nitrogens is 2. The van der Waals surface area contributed by atoms with Gasteiger partial charge >= 0.3 is 0 Å². The van der Waals surface area contributed by atoms with Crippen molar-refractivity contribution in [1.29, 1.82) is 0 Å². The standard InChI is InChI=1S/C68H90Cl2N8O8Si/c1-9-13-17-21-25-31-37-83-54-48-47(53(80-6)56(81-7)57(54)82-8)65-75-64-46-44(41-45(69)51(70)52(46)79-5)63(74-64)72-61-42-35-29-30-36-43(42)62(71-61)73-68-50-49(67(78-68)77-66(48)76-65)55(84-38-32-26-22-18-14-10-2)58(85-39-33-27-23-19-15-11-3)59(60(50)87)86-40-34-28-24-20-16-12-4/h29-30,35-36,41H,9-28,31-34,37-40H2,1-8,87H3,(H2,71,72,73,74,75,76,77,78). The second kappa shape index (κ2) is 32.1. The van der Waals surface area contributed by atoms with Crippen LogP contribution < -0.4 is 43.1 Å². The van der Waals surface area contributed by atoms with E-state index in [4.69, 9.17) is 91.0 Å². The molecule has 87 heavy (non-hydrogen) atoms. The van der Waals surface area contributed by atoms with Gasteiger partial charge in [0.2, 0.25) is 17.2 Å². The molecule has 0 radical (unpaired) electrons. The Labute approximate surface area is 526 Å². The number of hydrogen-bond acceptors (Lipinski definition) is 14. The quantitative estimate of drug-likeness (QED) is 0.0279. The highest BCUT2D eigenvalue weighted by molar-refractivity contribution is 6.45. The summed E-state index contributed by atoms with van der Waals surface area (Å²) in [5.74, 6) is 4.75. The van der Waals surface area contributed by atoms with Crippen LogP contribution in [-0.2, 0) is 0 Å². The number of rotatable bonds is 36. The van der Waals surface area contributed by atoms with E-state index in [9.17, 15) is 0 Å². The van der Waals surface area contributed by atoms with Gasteiger partial charge in [-0.15, -0.1) is 0 Å². The smallest absolute Gasteiger partial charge is 0.208 e. The van der Waals surface area contributed by atoms with E-state index in [0.717, 1.165) is 112 Å². The molecule has 4 aromatic carbocycles. The largest absolute Gasteiger partial charge is 0.494 e. The molecule has 8 bridgehead atoms. The first kappa shape index (κ1) is 64.9. The van der Waals surface area contributed by atoms with Crippen LogP contribution in [-0.4, -0.2) is 105 Å². The normalized spacial score (nSPS) is 11.8. The van der Waals surface area contributed by atoms with E-state index in [1.807, 2.05) is 24.3 Å². The van der Waals surface area contributed by atoms with Crippen molar-refractivity contribution in [2.45, 2.75) is 182 Å². The maximum Gasteiger partial charge on any atom is 0.208 e. The molecule has 3 aromatic heterocycles. The summed E-state index contributed by atoms with van der Waals surface area (Å²) >= 11 is 13.9. The molecular weight excluding hydrogens is 1160 g/mol. The van der Waals surface area contributed by atoms with Crippen molar-refractivity contribution in [1.82, 2.24) is 39.9 Å². The molecule has 0 unspecified atom stereocenters. The van der Waals surface area contributed by atoms with Gasteiger partial charge in [-0.2, -0.15) is 0 Å². The van der Waals surface area contributed by atoms with Crippen LogP contribution in [0, 0.1) is 0 Å². The van der Waals surface area contributed by atoms with Gasteiger partial charge in [0.15, 0.2) is 52.0 Å². The summed E-state index contributed by atoms with van der Waals surface area (Å²) in [5, 5.41) is 4.01. The summed E-state index contributed by atoms with van der Waals surface area (Å²) in [6.07, 6.45) is 26.4. The second-order valence-corrected chi connectivity index (χ2v) is 24.6. The van der Waals surface area contributed by atoms with Crippen molar-refractivity contribution in [3.8, 4) is 91.5 Å². The molecule has 2 N–H and O–H groups in total. The van der Waals surface area contributed by atoms with Crippen LogP contribution in [0.25, 0.3) is 89.7 Å². The predicted molar refractivity (Wildman–Crippen MR) is 357 cm³/mol. The summed E-state index contributed by atoms with van der Waals surface area (Å²) in [7, 11) is 6.83. The number of hydrogen-bond donors (Lipinski definition) is 2. The summed E-state index contributed by atoms with van der Waals surface area (Å²) in [4.78, 5) is 39.8. The highest BCUT2D eigenvalue weighted by Crippen LogP contribution is 2.58. The van der Waals surface area contributed by atoms with E-state index in [1.54, 1.807) is 34.5 Å². The zero-order valence-corrected chi connectivity index (χ0v) is 56.4. The number of aromatic amines is 2. The fraction of sp³-hybridized carbons (Fsp3) is 0.529. The number of unbranched alkanes of at least 4 members (excludes halogenated alkanes) is 20. The Hall–Kier alpha value is -6.56. The molecule has 0 spiro atoms. The Morgan fingerprint density at radius 2 is 0.759 bits per heavy atom. The molecule has 0 aliphatic carbocycles. The van der Waals surface area contributed by atoms with Gasteiger partial charge in [-0.3, -0.25) is 0 Å². The molecule has 9 rings (SSSR count). The molecule has 2 aliphatic heterocycles. The number of nitrogens with zero attached hydrogens (tertiary/aromatic N) is 6. The van der Waals surface area contributed by atoms with Crippen molar-refractivity contribution in [2.24, 2.45) is 0 Å². The van der Waals surface area contributed by atoms with Crippen LogP contribution in [0.15, 0.2) is 30.3 Å². The lowest BCUT2D eigenvalue weighted by atomic mass is 10.0. The van der Waals surface area contributed by atoms with Crippen molar-refractivity contribution < 1.29 is 37.9 Å². The van der Waals surface area contributed by atoms with Gasteiger partial charge < -0.3 is 47.9 Å². The number of benzene rings is 4. The van der Waals surface area contributed by atoms with E-state index in [0.29, 0.717) is 144 Å². The zero-order valence-electron chi connectivity index (χ0n) is 52.9. The molecule has 7 aromatic rings. The number of ether oxygens (including phenoxy) is 8. The maximum atomic E-state index is 7.23. The summed E-state index contributed by atoms with van der Waals surface area (Å²) in [6, 6.07) is 9.72. The van der Waals surface area contributed by atoms with E-state index in [-0.39, 0.29) is 21.7 Å². The molecule has 5 heterocycles. The molecule has 2 aliphatic rings. The Bertz CT molecular complexity index is 3650. The van der Waals surface area contributed by atoms with Gasteiger partial charge in [0.05, 0.1) is 81.8 Å². The maximum absolute atomic E-state index is 7.23. The van der Waals surface area contributed by atoms with E-state index >= 15 is 0 Å². The van der Waals surface area contributed by atoms with Gasteiger partial charge in [0.1, 0.15) is 27.6 Å². The topological polar surface area (TPSA) is 183 Å². The molecule has 16 nitrogen and oxygen atoms in total. The van der Waals surface area contributed by atoms with E-state index in [2.05, 4.69) is 37.7 Å². The minimum absolute atomic E-state index is 0.205. The lowest BCUT2D eigenvalue weighted by molar-refractivity contribution is 0.237. The third kappa shape index (κ3) is 14.6. The van der Waals surface area contributed by atoms with Crippen LogP contribution in [0.3, 0.4) is 0 Å². The van der Waals surface area contributed by atoms with Crippen molar-refractivity contribution in [3.63, 3.8) is 0 Å². The summed E-state index contributed by atoms with van der Waals surface area (Å²) in [6.45, 7) is 10.8. The highest BCUT2D eigenvalue weighted by atomic mass is 35.5. The van der Waals surface area contributed by atoms with Crippen molar-refractivity contribution in [3.05, 3.63) is 40.4 Å². The van der Waals surface area contributed by atoms with E-state index in [1.165, 1.54) is 64.2 Å². The number of nitrogens with one attached hydrogen (secondary N) is 2. The van der Waals surface area contributed by atoms with Gasteiger partial charge in [-0.25, -0.2) is 29.9 Å². The number of halogens is 2. The van der Waals surface area contributed by atoms with Gasteiger partial charge in [0, 0.05) is 32.1 Å². The fourth-order valence-corrected chi connectivity index (χ4v) is 13.2. The van der Waals surface area contributed by atoms with Crippen molar-refractivity contribution in [2.75, 3.05) is 54.9 Å². The minimum Gasteiger partial charge on any atom is -0.494 e. The Morgan fingerprint density at radius 1 is 0.379 bits per heavy atom. The molecule has 0 saturated heterocycles. The Kier molecular flexibility index (Phi) is 23.9. The van der Waals surface area contributed by atoms with Crippen LogP contribution in [0.1, 0.15) is 182 Å². The fourth-order valence-electron chi connectivity index (χ4n) is 11.9. The second-order valence-electron chi connectivity index (χ2n) is 22.8. The first-order valence-corrected chi connectivity index (χ1v) is 34.0. The first-order chi connectivity index (χ1) is 42.7. The lowest BCUT2D eigenvalue weighted by Gasteiger charge is -2.21. The number of methoxy groups -OCH3 is 4. The van der Waals surface area contributed by atoms with Crippen LogP contribution in [0.5, 0.6) is 46.0 Å². The first-order valence-electron chi connectivity index (χ1n) is 32.2. The van der Waals surface area contributed by atoms with E-state index < -0.39 is 0 Å². The third-order valence-corrected chi connectivity index (χ3v) is 18.2. The number of fused-ring (bicyclic) bond motifs is 20. The zero-order chi connectivity index (χ0) is 61.2. The molecule has 0 saturated carbocycles. The monoisotopic (exact) mass is 1240 g/mol. The lowest BCUT2D eigenvalue weighted by Crippen LogP contribution is -2.16. The predicted octanol–water partition coefficient (Wildman–Crippen LogP) is 17.2. The molecule has 0 atom stereocenters. The molecule has 0 fully saturated rings. The molecule has 468 valence electrons. The molecule has 0 amide bonds. The summed E-state index contributed by atoms with van der Waals surface area (Å²) in [5.41, 5.74) is 4.19. The van der Waals surface area contributed by atoms with Crippen LogP contribution >= 0.6 is 23.2 Å². The SMILES string of the molecule is CCCCCCCCOc1c(OC)c(OC)c(OC)c2c1-c1nc-2nc2[nH]c(nc3nc(nc4[nH]c(n1)c1c(OCCCCCCCC)c(OCCCCCCCC)c(OCCCCCCCC)c([SiH3])c41)-c1ccccc1-3)c1cc(Cl)c(Cl)c(OC)c21. The summed E-state index contributed by atoms with van der Waals surface area (Å²) < 4.78 is 53.2. The Morgan fingerprint density at radius 3 is 1.26 bits per heavy atom. The van der Waals surface area contributed by atoms with Gasteiger partial charge in [-0.1, -0.05) is 204 Å².